The Balaban J connectivity index is 1.85. The van der Waals surface area contributed by atoms with Gasteiger partial charge in [-0.2, -0.15) is 5.10 Å². The first-order valence-electron chi connectivity index (χ1n) is 7.88. The van der Waals surface area contributed by atoms with Gasteiger partial charge in [0.25, 0.3) is 11.6 Å². The van der Waals surface area contributed by atoms with Gasteiger partial charge >= 0.3 is 0 Å². The van der Waals surface area contributed by atoms with E-state index in [1.54, 1.807) is 29.8 Å². The predicted octanol–water partition coefficient (Wildman–Crippen LogP) is 4.71. The molecule has 0 aliphatic carbocycles. The van der Waals surface area contributed by atoms with E-state index < -0.39 is 10.8 Å². The summed E-state index contributed by atoms with van der Waals surface area (Å²) in [7, 11) is 0. The normalized spacial score (nSPS) is 10.6. The number of nitrogens with zero attached hydrogens (tertiary/aromatic N) is 3. The first-order chi connectivity index (χ1) is 12.9. The first-order valence-corrected chi connectivity index (χ1v) is 8.63. The molecule has 27 heavy (non-hydrogen) atoms. The molecule has 0 saturated heterocycles. The number of aromatic nitrogens is 2. The molecule has 0 unspecified atom stereocenters. The topological polar surface area (TPSA) is 90.1 Å². The fourth-order valence-corrected chi connectivity index (χ4v) is 2.93. The molecule has 9 heteroatoms. The third-order valence-electron chi connectivity index (χ3n) is 3.99. The number of benzene rings is 2. The molecule has 3 aromatic rings. The summed E-state index contributed by atoms with van der Waals surface area (Å²) in [5.41, 5.74) is 1.44. The molecule has 0 aliphatic rings. The summed E-state index contributed by atoms with van der Waals surface area (Å²) in [5, 5.41) is 18.7. The van der Waals surface area contributed by atoms with Crippen molar-refractivity contribution in [2.75, 3.05) is 5.32 Å². The van der Waals surface area contributed by atoms with Crippen molar-refractivity contribution < 1.29 is 9.72 Å². The molecule has 1 heterocycles. The number of anilines is 1. The molecule has 2 aromatic carbocycles. The Kier molecular flexibility index (Phi) is 5.43. The highest BCUT2D eigenvalue weighted by atomic mass is 35.5. The van der Waals surface area contributed by atoms with Crippen molar-refractivity contribution in [3.8, 4) is 0 Å². The van der Waals surface area contributed by atoms with E-state index in [2.05, 4.69) is 10.4 Å². The molecule has 3 rings (SSSR count). The highest BCUT2D eigenvalue weighted by molar-refractivity contribution is 6.42. The van der Waals surface area contributed by atoms with Crippen molar-refractivity contribution in [3.05, 3.63) is 85.5 Å². The maximum atomic E-state index is 12.6. The summed E-state index contributed by atoms with van der Waals surface area (Å²) in [6, 6.07) is 11.0. The van der Waals surface area contributed by atoms with Gasteiger partial charge in [0.2, 0.25) is 0 Å². The average molecular weight is 405 g/mol. The van der Waals surface area contributed by atoms with Crippen molar-refractivity contribution in [3.63, 3.8) is 0 Å². The van der Waals surface area contributed by atoms with E-state index in [9.17, 15) is 14.9 Å². The number of carbonyl (C=O) groups excluding carboxylic acids is 1. The van der Waals surface area contributed by atoms with Crippen molar-refractivity contribution >= 4 is 40.6 Å². The van der Waals surface area contributed by atoms with Gasteiger partial charge in [0.05, 0.1) is 27.7 Å². The number of hydrogen-bond donors (Lipinski definition) is 1. The molecule has 0 spiro atoms. The van der Waals surface area contributed by atoms with Gasteiger partial charge in [0, 0.05) is 23.8 Å². The second kappa shape index (κ2) is 7.77. The van der Waals surface area contributed by atoms with Crippen molar-refractivity contribution in [2.24, 2.45) is 0 Å². The molecule has 138 valence electrons. The number of nitro benzene ring substituents is 1. The third-order valence-corrected chi connectivity index (χ3v) is 4.84. The average Bonchev–Trinajstić information content (AvgIpc) is 3.05. The molecule has 1 amide bonds. The number of rotatable bonds is 5. The molecule has 1 N–H and O–H groups in total. The van der Waals surface area contributed by atoms with Crippen LogP contribution in [0.25, 0.3) is 0 Å². The fraction of sp³-hybridized carbons (Fsp3) is 0.111. The van der Waals surface area contributed by atoms with Gasteiger partial charge in [-0.3, -0.25) is 14.9 Å². The molecule has 7 nitrogen and oxygen atoms in total. The summed E-state index contributed by atoms with van der Waals surface area (Å²) in [6.07, 6.45) is 1.54. The SMILES string of the molecule is Cc1ccc([N+](=O)[O-])cc1C(=O)Nc1ccnn1Cc1cccc(Cl)c1Cl. The zero-order chi connectivity index (χ0) is 19.6. The van der Waals surface area contributed by atoms with Gasteiger partial charge in [-0.1, -0.05) is 41.4 Å². The smallest absolute Gasteiger partial charge is 0.270 e. The van der Waals surface area contributed by atoms with Crippen molar-refractivity contribution in [1.29, 1.82) is 0 Å². The Morgan fingerprint density at radius 3 is 2.78 bits per heavy atom. The molecular formula is C18H14Cl2N4O3. The van der Waals surface area contributed by atoms with E-state index in [1.165, 1.54) is 24.4 Å². The highest BCUT2D eigenvalue weighted by Crippen LogP contribution is 2.27. The van der Waals surface area contributed by atoms with Crippen LogP contribution >= 0.6 is 23.2 Å². The molecule has 0 radical (unpaired) electrons. The molecule has 1 aromatic heterocycles. The van der Waals surface area contributed by atoms with Gasteiger partial charge in [-0.15, -0.1) is 0 Å². The van der Waals surface area contributed by atoms with Crippen LogP contribution in [0.15, 0.2) is 48.7 Å². The van der Waals surface area contributed by atoms with Crippen LogP contribution in [0.4, 0.5) is 11.5 Å². The lowest BCUT2D eigenvalue weighted by Gasteiger charge is -2.11. The van der Waals surface area contributed by atoms with Crippen molar-refractivity contribution in [2.45, 2.75) is 13.5 Å². The lowest BCUT2D eigenvalue weighted by molar-refractivity contribution is -0.384. The van der Waals surface area contributed by atoms with Crippen LogP contribution in [-0.2, 0) is 6.54 Å². The van der Waals surface area contributed by atoms with E-state index in [4.69, 9.17) is 23.2 Å². The van der Waals surface area contributed by atoms with Gasteiger partial charge in [-0.05, 0) is 24.1 Å². The Labute approximate surface area is 164 Å². The van der Waals surface area contributed by atoms with Crippen LogP contribution < -0.4 is 5.32 Å². The van der Waals surface area contributed by atoms with E-state index in [1.807, 2.05) is 6.07 Å². The Bertz CT molecular complexity index is 1030. The van der Waals surface area contributed by atoms with E-state index in [0.29, 0.717) is 28.0 Å². The van der Waals surface area contributed by atoms with Crippen LogP contribution in [0.5, 0.6) is 0 Å². The van der Waals surface area contributed by atoms with Gasteiger partial charge < -0.3 is 5.32 Å². The van der Waals surface area contributed by atoms with Crippen LogP contribution in [0, 0.1) is 17.0 Å². The molecular weight excluding hydrogens is 391 g/mol. The van der Waals surface area contributed by atoms with Crippen molar-refractivity contribution in [1.82, 2.24) is 9.78 Å². The summed E-state index contributed by atoms with van der Waals surface area (Å²) in [4.78, 5) is 23.0. The zero-order valence-electron chi connectivity index (χ0n) is 14.1. The number of non-ortho nitro benzene ring substituents is 1. The number of amides is 1. The van der Waals surface area contributed by atoms with Gasteiger partial charge in [-0.25, -0.2) is 4.68 Å². The Morgan fingerprint density at radius 1 is 1.26 bits per heavy atom. The molecule has 0 aliphatic heterocycles. The second-order valence-electron chi connectivity index (χ2n) is 5.80. The van der Waals surface area contributed by atoms with Crippen LogP contribution in [0.1, 0.15) is 21.5 Å². The largest absolute Gasteiger partial charge is 0.307 e. The standard InChI is InChI=1S/C18H14Cl2N4O3/c1-11-5-6-13(24(26)27)9-14(11)18(25)22-16-7-8-21-23(16)10-12-3-2-4-15(19)17(12)20/h2-9H,10H2,1H3,(H,22,25). The minimum absolute atomic E-state index is 0.148. The summed E-state index contributed by atoms with van der Waals surface area (Å²) in [5.74, 6) is -0.0305. The van der Waals surface area contributed by atoms with Gasteiger partial charge in [0.15, 0.2) is 0 Å². The lowest BCUT2D eigenvalue weighted by Crippen LogP contribution is -2.17. The number of halogens is 2. The maximum Gasteiger partial charge on any atom is 0.270 e. The summed E-state index contributed by atoms with van der Waals surface area (Å²) >= 11 is 12.2. The number of nitrogens with one attached hydrogen (secondary N) is 1. The fourth-order valence-electron chi connectivity index (χ4n) is 2.55. The molecule has 0 fully saturated rings. The molecule has 0 bridgehead atoms. The monoisotopic (exact) mass is 404 g/mol. The number of nitro groups is 1. The maximum absolute atomic E-state index is 12.6. The molecule has 0 atom stereocenters. The third kappa shape index (κ3) is 4.10. The summed E-state index contributed by atoms with van der Waals surface area (Å²) in [6.45, 7) is 2.01. The van der Waals surface area contributed by atoms with E-state index >= 15 is 0 Å². The number of aryl methyl sites for hydroxylation is 1. The quantitative estimate of drug-likeness (QED) is 0.492. The predicted molar refractivity (Wildman–Crippen MR) is 104 cm³/mol. The first kappa shape index (κ1) is 18.9. The Hall–Kier alpha value is -2.90. The lowest BCUT2D eigenvalue weighted by atomic mass is 10.1. The van der Waals surface area contributed by atoms with Gasteiger partial charge in [0.1, 0.15) is 5.82 Å². The summed E-state index contributed by atoms with van der Waals surface area (Å²) < 4.78 is 1.56. The highest BCUT2D eigenvalue weighted by Gasteiger charge is 2.17. The number of hydrogen-bond acceptors (Lipinski definition) is 4. The molecule has 0 saturated carbocycles. The van der Waals surface area contributed by atoms with E-state index in [-0.39, 0.29) is 11.3 Å². The van der Waals surface area contributed by atoms with Crippen LogP contribution in [-0.4, -0.2) is 20.6 Å². The zero-order valence-corrected chi connectivity index (χ0v) is 15.7. The minimum Gasteiger partial charge on any atom is -0.307 e. The Morgan fingerprint density at radius 2 is 2.04 bits per heavy atom. The minimum atomic E-state index is -0.540. The van der Waals surface area contributed by atoms with Crippen LogP contribution in [0.3, 0.4) is 0 Å². The van der Waals surface area contributed by atoms with E-state index in [0.717, 1.165) is 5.56 Å². The van der Waals surface area contributed by atoms with Crippen LogP contribution in [0.2, 0.25) is 10.0 Å². The number of carbonyl (C=O) groups is 1. The second-order valence-corrected chi connectivity index (χ2v) is 6.58.